The fourth-order valence-corrected chi connectivity index (χ4v) is 4.92. The zero-order valence-corrected chi connectivity index (χ0v) is 21.6. The van der Waals surface area contributed by atoms with Crippen LogP contribution in [0.5, 0.6) is 5.75 Å². The van der Waals surface area contributed by atoms with E-state index in [0.717, 1.165) is 25.3 Å². The van der Waals surface area contributed by atoms with Gasteiger partial charge in [-0.2, -0.15) is 0 Å². The molecule has 4 rings (SSSR count). The third-order valence-corrected chi connectivity index (χ3v) is 7.09. The van der Waals surface area contributed by atoms with E-state index >= 15 is 4.39 Å². The highest BCUT2D eigenvalue weighted by molar-refractivity contribution is 5.97. The number of fused-ring (bicyclic) bond motifs is 1. The Morgan fingerprint density at radius 1 is 1.25 bits per heavy atom. The standard InChI is InChI=1S/C26H34FN3O6/c1-14(28(5)25(34)36-26(2,3)4)15-9-10-29(12-15)21-19(27)11-17-20(23(21)35-6)30(16-7-8-16)13-18(22(17)31)24(32)33/h11,13-16H,7-10,12H2,1-6H3,(H,32,33)/t14-,15+/m1/s1. The number of aromatic carboxylic acids is 1. The number of carboxylic acids is 1. The van der Waals surface area contributed by atoms with Gasteiger partial charge in [-0.25, -0.2) is 14.0 Å². The van der Waals surface area contributed by atoms with Crippen molar-refractivity contribution in [2.75, 3.05) is 32.1 Å². The lowest BCUT2D eigenvalue weighted by molar-refractivity contribution is 0.0192. The van der Waals surface area contributed by atoms with Crippen molar-refractivity contribution in [1.29, 1.82) is 0 Å². The van der Waals surface area contributed by atoms with Gasteiger partial charge in [-0.3, -0.25) is 4.79 Å². The Labute approximate surface area is 209 Å². The zero-order valence-electron chi connectivity index (χ0n) is 21.6. The molecule has 36 heavy (non-hydrogen) atoms. The Kier molecular flexibility index (Phi) is 6.66. The number of methoxy groups -OCH3 is 1. The van der Waals surface area contributed by atoms with Gasteiger partial charge in [-0.15, -0.1) is 0 Å². The van der Waals surface area contributed by atoms with Crippen LogP contribution in [0.1, 0.15) is 63.4 Å². The number of ether oxygens (including phenoxy) is 2. The van der Waals surface area contributed by atoms with Crippen LogP contribution in [-0.2, 0) is 4.74 Å². The van der Waals surface area contributed by atoms with Crippen molar-refractivity contribution in [3.8, 4) is 5.75 Å². The summed E-state index contributed by atoms with van der Waals surface area (Å²) in [5.41, 5.74) is -1.06. The summed E-state index contributed by atoms with van der Waals surface area (Å²) < 4.78 is 28.5. The van der Waals surface area contributed by atoms with Gasteiger partial charge in [0.2, 0.25) is 5.43 Å². The van der Waals surface area contributed by atoms with Gasteiger partial charge in [0.1, 0.15) is 16.9 Å². The van der Waals surface area contributed by atoms with E-state index in [9.17, 15) is 19.5 Å². The zero-order chi connectivity index (χ0) is 26.5. The molecule has 0 unspecified atom stereocenters. The van der Waals surface area contributed by atoms with Crippen molar-refractivity contribution in [2.24, 2.45) is 5.92 Å². The van der Waals surface area contributed by atoms with Crippen LogP contribution >= 0.6 is 0 Å². The molecular weight excluding hydrogens is 469 g/mol. The molecule has 1 amide bonds. The molecule has 10 heteroatoms. The molecule has 0 spiro atoms. The van der Waals surface area contributed by atoms with E-state index in [1.807, 2.05) is 32.6 Å². The number of nitrogens with zero attached hydrogens (tertiary/aromatic N) is 3. The highest BCUT2D eigenvalue weighted by atomic mass is 19.1. The van der Waals surface area contributed by atoms with E-state index in [-0.39, 0.29) is 40.4 Å². The van der Waals surface area contributed by atoms with Crippen molar-refractivity contribution in [3.05, 3.63) is 33.9 Å². The molecule has 196 valence electrons. The lowest BCUT2D eigenvalue weighted by Gasteiger charge is -2.32. The number of carbonyl (C=O) groups excluding carboxylic acids is 1. The molecule has 1 aliphatic carbocycles. The largest absolute Gasteiger partial charge is 0.492 e. The van der Waals surface area contributed by atoms with Crippen molar-refractivity contribution >= 4 is 28.7 Å². The summed E-state index contributed by atoms with van der Waals surface area (Å²) in [5, 5.41) is 9.51. The van der Waals surface area contributed by atoms with Crippen LogP contribution in [0, 0.1) is 11.7 Å². The van der Waals surface area contributed by atoms with Crippen LogP contribution in [-0.4, -0.2) is 65.5 Å². The molecule has 1 saturated heterocycles. The van der Waals surface area contributed by atoms with Crippen molar-refractivity contribution in [3.63, 3.8) is 0 Å². The number of hydrogen-bond donors (Lipinski definition) is 1. The minimum atomic E-state index is -1.34. The number of rotatable bonds is 6. The van der Waals surface area contributed by atoms with Crippen LogP contribution in [0.25, 0.3) is 10.9 Å². The molecule has 2 fully saturated rings. The molecule has 2 aromatic rings. The van der Waals surface area contributed by atoms with Gasteiger partial charge in [0.05, 0.1) is 18.0 Å². The third-order valence-electron chi connectivity index (χ3n) is 7.09. The number of anilines is 1. The normalized spacial score (nSPS) is 18.9. The lowest BCUT2D eigenvalue weighted by Crippen LogP contribution is -2.43. The van der Waals surface area contributed by atoms with Crippen LogP contribution < -0.4 is 15.1 Å². The first-order valence-corrected chi connectivity index (χ1v) is 12.2. The Bertz CT molecular complexity index is 1260. The molecule has 1 N–H and O–H groups in total. The SMILES string of the molecule is COc1c(N2CC[C@H]([C@@H](C)N(C)C(=O)OC(C)(C)C)C2)c(F)cc2c(=O)c(C(=O)O)cn(C3CC3)c12. The minimum Gasteiger partial charge on any atom is -0.492 e. The Hall–Kier alpha value is -3.30. The lowest BCUT2D eigenvalue weighted by atomic mass is 9.99. The third kappa shape index (κ3) is 4.73. The molecule has 1 aromatic heterocycles. The molecule has 0 radical (unpaired) electrons. The monoisotopic (exact) mass is 503 g/mol. The van der Waals surface area contributed by atoms with E-state index in [2.05, 4.69) is 0 Å². The second-order valence-electron chi connectivity index (χ2n) is 10.8. The van der Waals surface area contributed by atoms with Gasteiger partial charge in [0, 0.05) is 38.4 Å². The topological polar surface area (TPSA) is 101 Å². The Balaban J connectivity index is 1.70. The number of aromatic nitrogens is 1. The van der Waals surface area contributed by atoms with E-state index < -0.39 is 28.9 Å². The summed E-state index contributed by atoms with van der Waals surface area (Å²) in [7, 11) is 3.13. The molecular formula is C26H34FN3O6. The van der Waals surface area contributed by atoms with Gasteiger partial charge in [0.15, 0.2) is 11.6 Å². The van der Waals surface area contributed by atoms with Crippen LogP contribution in [0.3, 0.4) is 0 Å². The second-order valence-corrected chi connectivity index (χ2v) is 10.8. The van der Waals surface area contributed by atoms with E-state index in [0.29, 0.717) is 18.6 Å². The maximum atomic E-state index is 15.6. The first kappa shape index (κ1) is 25.8. The van der Waals surface area contributed by atoms with Crippen molar-refractivity contribution in [1.82, 2.24) is 9.47 Å². The van der Waals surface area contributed by atoms with E-state index in [1.54, 1.807) is 16.5 Å². The number of benzene rings is 1. The van der Waals surface area contributed by atoms with Crippen LogP contribution in [0.2, 0.25) is 0 Å². The first-order valence-electron chi connectivity index (χ1n) is 12.2. The molecule has 2 heterocycles. The molecule has 0 bridgehead atoms. The summed E-state index contributed by atoms with van der Waals surface area (Å²) in [6, 6.07) is 1.01. The molecule has 2 atom stereocenters. The maximum Gasteiger partial charge on any atom is 0.410 e. The van der Waals surface area contributed by atoms with Crippen molar-refractivity contribution in [2.45, 2.75) is 64.6 Å². The number of pyridine rings is 1. The summed E-state index contributed by atoms with van der Waals surface area (Å²) in [6.45, 7) is 8.41. The summed E-state index contributed by atoms with van der Waals surface area (Å²) in [5.74, 6) is -1.71. The van der Waals surface area contributed by atoms with Crippen LogP contribution in [0.4, 0.5) is 14.9 Å². The molecule has 1 aromatic carbocycles. The smallest absolute Gasteiger partial charge is 0.410 e. The highest BCUT2D eigenvalue weighted by Gasteiger charge is 2.36. The predicted octanol–water partition coefficient (Wildman–Crippen LogP) is 4.26. The summed E-state index contributed by atoms with van der Waals surface area (Å²) in [6.07, 6.45) is 3.34. The molecule has 9 nitrogen and oxygen atoms in total. The number of hydrogen-bond acceptors (Lipinski definition) is 6. The molecule has 1 saturated carbocycles. The Morgan fingerprint density at radius 2 is 1.92 bits per heavy atom. The molecule has 2 aliphatic rings. The van der Waals surface area contributed by atoms with Crippen LogP contribution in [0.15, 0.2) is 17.1 Å². The number of carbonyl (C=O) groups is 2. The summed E-state index contributed by atoms with van der Waals surface area (Å²) in [4.78, 5) is 40.6. The Morgan fingerprint density at radius 3 is 2.47 bits per heavy atom. The fraction of sp³-hybridized carbons (Fsp3) is 0.577. The van der Waals surface area contributed by atoms with Gasteiger partial charge in [-0.1, -0.05) is 0 Å². The summed E-state index contributed by atoms with van der Waals surface area (Å²) >= 11 is 0. The average molecular weight is 504 g/mol. The van der Waals surface area contributed by atoms with Gasteiger partial charge < -0.3 is 28.9 Å². The minimum absolute atomic E-state index is 0.00586. The number of amides is 1. The second kappa shape index (κ2) is 9.29. The average Bonchev–Trinajstić information content (AvgIpc) is 3.52. The van der Waals surface area contributed by atoms with E-state index in [4.69, 9.17) is 9.47 Å². The van der Waals surface area contributed by atoms with Gasteiger partial charge in [-0.05, 0) is 58.9 Å². The maximum absolute atomic E-state index is 15.6. The van der Waals surface area contributed by atoms with Gasteiger partial charge >= 0.3 is 12.1 Å². The highest BCUT2D eigenvalue weighted by Crippen LogP contribution is 2.44. The number of carboxylic acid groups (broad SMARTS) is 1. The van der Waals surface area contributed by atoms with Gasteiger partial charge in [0.25, 0.3) is 0 Å². The van der Waals surface area contributed by atoms with E-state index in [1.165, 1.54) is 13.3 Å². The fourth-order valence-electron chi connectivity index (χ4n) is 4.92. The predicted molar refractivity (Wildman–Crippen MR) is 134 cm³/mol. The first-order chi connectivity index (χ1) is 16.8. The van der Waals surface area contributed by atoms with Crippen molar-refractivity contribution < 1.29 is 28.6 Å². The number of halogens is 1. The quantitative estimate of drug-likeness (QED) is 0.628. The molecule has 1 aliphatic heterocycles.